The molecule has 1 amide bonds. The van der Waals surface area contributed by atoms with E-state index in [4.69, 9.17) is 0 Å². The van der Waals surface area contributed by atoms with Gasteiger partial charge in [-0.1, -0.05) is 25.1 Å². The number of carbonyl (C=O) groups is 1. The van der Waals surface area contributed by atoms with Crippen molar-refractivity contribution in [3.8, 4) is 6.07 Å². The van der Waals surface area contributed by atoms with Crippen molar-refractivity contribution in [1.82, 2.24) is 4.90 Å². The summed E-state index contributed by atoms with van der Waals surface area (Å²) in [4.78, 5) is 15.8. The van der Waals surface area contributed by atoms with Crippen LogP contribution in [0, 0.1) is 11.3 Å². The van der Waals surface area contributed by atoms with E-state index in [1.54, 1.807) is 12.1 Å². The molecule has 2 heterocycles. The van der Waals surface area contributed by atoms with E-state index in [1.165, 1.54) is 16.2 Å². The maximum atomic E-state index is 12.3. The molecule has 0 spiro atoms. The number of hydrogen-bond donors (Lipinski definition) is 1. The molecule has 22 heavy (non-hydrogen) atoms. The molecule has 1 aliphatic heterocycles. The Morgan fingerprint density at radius 1 is 1.41 bits per heavy atom. The topological polar surface area (TPSA) is 56.1 Å². The highest BCUT2D eigenvalue weighted by Crippen LogP contribution is 2.36. The van der Waals surface area contributed by atoms with E-state index in [-0.39, 0.29) is 5.91 Å². The third kappa shape index (κ3) is 2.76. The van der Waals surface area contributed by atoms with Gasteiger partial charge in [-0.05, 0) is 30.7 Å². The Balaban J connectivity index is 1.87. The van der Waals surface area contributed by atoms with Crippen molar-refractivity contribution in [3.05, 3.63) is 51.9 Å². The number of nitrogens with zero attached hydrogens (tertiary/aromatic N) is 2. The summed E-state index contributed by atoms with van der Waals surface area (Å²) in [5.74, 6) is -0.164. The molecule has 112 valence electrons. The summed E-state index contributed by atoms with van der Waals surface area (Å²) in [6, 6.07) is 11.4. The second-order valence-electron chi connectivity index (χ2n) is 5.26. The zero-order chi connectivity index (χ0) is 15.5. The minimum atomic E-state index is -0.164. The van der Waals surface area contributed by atoms with Gasteiger partial charge < -0.3 is 5.32 Å². The predicted octanol–water partition coefficient (Wildman–Crippen LogP) is 3.25. The lowest BCUT2D eigenvalue weighted by molar-refractivity contribution is 0.102. The quantitative estimate of drug-likeness (QED) is 0.946. The molecule has 0 unspecified atom stereocenters. The molecule has 0 saturated heterocycles. The average molecular weight is 311 g/mol. The molecule has 3 rings (SSSR count). The first-order valence-electron chi connectivity index (χ1n) is 7.36. The number of nitriles is 1. The van der Waals surface area contributed by atoms with Crippen molar-refractivity contribution in [3.63, 3.8) is 0 Å². The zero-order valence-electron chi connectivity index (χ0n) is 12.4. The molecule has 1 aliphatic rings. The van der Waals surface area contributed by atoms with Gasteiger partial charge in [-0.15, -0.1) is 11.3 Å². The number of anilines is 1. The summed E-state index contributed by atoms with van der Waals surface area (Å²) in [7, 11) is 0. The summed E-state index contributed by atoms with van der Waals surface area (Å²) in [6.07, 6.45) is 0.879. The number of fused-ring (bicyclic) bond motifs is 1. The van der Waals surface area contributed by atoms with E-state index < -0.39 is 0 Å². The summed E-state index contributed by atoms with van der Waals surface area (Å²) < 4.78 is 0. The van der Waals surface area contributed by atoms with Gasteiger partial charge in [0.25, 0.3) is 5.91 Å². The minimum absolute atomic E-state index is 0.164. The van der Waals surface area contributed by atoms with Crippen LogP contribution in [0.15, 0.2) is 30.3 Å². The molecule has 4 nitrogen and oxygen atoms in total. The van der Waals surface area contributed by atoms with Gasteiger partial charge in [0, 0.05) is 23.5 Å². The highest BCUT2D eigenvalue weighted by Gasteiger charge is 2.24. The molecular weight excluding hydrogens is 294 g/mol. The summed E-state index contributed by atoms with van der Waals surface area (Å²) >= 11 is 1.53. The third-order valence-electron chi connectivity index (χ3n) is 3.96. The Morgan fingerprint density at radius 2 is 2.18 bits per heavy atom. The molecule has 1 aromatic heterocycles. The van der Waals surface area contributed by atoms with E-state index >= 15 is 0 Å². The van der Waals surface area contributed by atoms with Gasteiger partial charge in [0.2, 0.25) is 0 Å². The summed E-state index contributed by atoms with van der Waals surface area (Å²) in [6.45, 7) is 4.99. The predicted molar refractivity (Wildman–Crippen MR) is 88.1 cm³/mol. The molecule has 1 N–H and O–H groups in total. The Labute approximate surface area is 134 Å². The van der Waals surface area contributed by atoms with Gasteiger partial charge in [-0.25, -0.2) is 0 Å². The average Bonchev–Trinajstić information content (AvgIpc) is 2.91. The number of benzene rings is 1. The number of thiophene rings is 1. The number of rotatable bonds is 3. The standard InChI is InChI=1S/C17H17N3OS/c1-2-20-9-8-13-14(10-18)17(22-15(13)11-20)19-16(21)12-6-4-3-5-7-12/h3-7H,2,8-9,11H2,1H3,(H,19,21). The molecule has 2 aromatic rings. The van der Waals surface area contributed by atoms with Crippen LogP contribution in [0.5, 0.6) is 0 Å². The minimum Gasteiger partial charge on any atom is -0.312 e. The first-order chi connectivity index (χ1) is 10.7. The first-order valence-corrected chi connectivity index (χ1v) is 8.18. The van der Waals surface area contributed by atoms with E-state index in [1.807, 2.05) is 18.2 Å². The third-order valence-corrected chi connectivity index (χ3v) is 5.09. The highest BCUT2D eigenvalue weighted by atomic mass is 32.1. The van der Waals surface area contributed by atoms with Gasteiger partial charge in [0.1, 0.15) is 11.1 Å². The number of likely N-dealkylation sites (N-methyl/N-ethyl adjacent to an activating group) is 1. The van der Waals surface area contributed by atoms with Gasteiger partial charge in [0.15, 0.2) is 0 Å². The summed E-state index contributed by atoms with van der Waals surface area (Å²) in [5, 5.41) is 13.0. The molecule has 0 aliphatic carbocycles. The Bertz CT molecular complexity index is 730. The first kappa shape index (κ1) is 14.8. The normalized spacial score (nSPS) is 14.2. The zero-order valence-corrected chi connectivity index (χ0v) is 13.2. The smallest absolute Gasteiger partial charge is 0.256 e. The van der Waals surface area contributed by atoms with E-state index in [0.717, 1.165) is 31.6 Å². The Hall–Kier alpha value is -2.16. The van der Waals surface area contributed by atoms with Crippen molar-refractivity contribution in [2.24, 2.45) is 0 Å². The van der Waals surface area contributed by atoms with Crippen LogP contribution in [-0.4, -0.2) is 23.9 Å². The maximum Gasteiger partial charge on any atom is 0.256 e. The molecule has 0 saturated carbocycles. The highest BCUT2D eigenvalue weighted by molar-refractivity contribution is 7.16. The largest absolute Gasteiger partial charge is 0.312 e. The van der Waals surface area contributed by atoms with E-state index in [0.29, 0.717) is 16.1 Å². The number of amides is 1. The van der Waals surface area contributed by atoms with Crippen molar-refractivity contribution in [1.29, 1.82) is 5.26 Å². The fraction of sp³-hybridized carbons (Fsp3) is 0.294. The van der Waals surface area contributed by atoms with E-state index in [2.05, 4.69) is 23.2 Å². The van der Waals surface area contributed by atoms with Crippen LogP contribution in [0.1, 0.15) is 33.3 Å². The summed E-state index contributed by atoms with van der Waals surface area (Å²) in [5.41, 5.74) is 2.36. The second kappa shape index (κ2) is 6.30. The lowest BCUT2D eigenvalue weighted by Crippen LogP contribution is -2.29. The monoisotopic (exact) mass is 311 g/mol. The van der Waals surface area contributed by atoms with Crippen molar-refractivity contribution < 1.29 is 4.79 Å². The molecule has 0 atom stereocenters. The SMILES string of the molecule is CCN1CCc2c(sc(NC(=O)c3ccccc3)c2C#N)C1. The Kier molecular flexibility index (Phi) is 4.23. The maximum absolute atomic E-state index is 12.3. The molecular formula is C17H17N3OS. The lowest BCUT2D eigenvalue weighted by Gasteiger charge is -2.24. The van der Waals surface area contributed by atoms with Gasteiger partial charge in [0.05, 0.1) is 5.56 Å². The van der Waals surface area contributed by atoms with Crippen LogP contribution < -0.4 is 5.32 Å². The molecule has 0 radical (unpaired) electrons. The number of hydrogen-bond acceptors (Lipinski definition) is 4. The van der Waals surface area contributed by atoms with Crippen LogP contribution in [0.2, 0.25) is 0 Å². The van der Waals surface area contributed by atoms with Gasteiger partial charge in [-0.3, -0.25) is 9.69 Å². The number of nitrogens with one attached hydrogen (secondary N) is 1. The Morgan fingerprint density at radius 3 is 2.86 bits per heavy atom. The second-order valence-corrected chi connectivity index (χ2v) is 6.36. The van der Waals surface area contributed by atoms with Crippen LogP contribution >= 0.6 is 11.3 Å². The lowest BCUT2D eigenvalue weighted by atomic mass is 10.0. The molecule has 1 aromatic carbocycles. The van der Waals surface area contributed by atoms with E-state index in [9.17, 15) is 10.1 Å². The fourth-order valence-electron chi connectivity index (χ4n) is 2.70. The van der Waals surface area contributed by atoms with Crippen LogP contribution in [0.3, 0.4) is 0 Å². The number of carbonyl (C=O) groups excluding carboxylic acids is 1. The molecule has 5 heteroatoms. The van der Waals surface area contributed by atoms with Crippen molar-refractivity contribution >= 4 is 22.2 Å². The van der Waals surface area contributed by atoms with Crippen LogP contribution in [0.25, 0.3) is 0 Å². The van der Waals surface area contributed by atoms with Crippen molar-refractivity contribution in [2.45, 2.75) is 19.9 Å². The molecule has 0 bridgehead atoms. The van der Waals surface area contributed by atoms with Gasteiger partial charge >= 0.3 is 0 Å². The molecule has 0 fully saturated rings. The fourth-order valence-corrected chi connectivity index (χ4v) is 3.93. The van der Waals surface area contributed by atoms with Crippen LogP contribution in [0.4, 0.5) is 5.00 Å². The van der Waals surface area contributed by atoms with Crippen LogP contribution in [-0.2, 0) is 13.0 Å². The van der Waals surface area contributed by atoms with Gasteiger partial charge in [-0.2, -0.15) is 5.26 Å². The van der Waals surface area contributed by atoms with Crippen molar-refractivity contribution in [2.75, 3.05) is 18.4 Å².